The summed E-state index contributed by atoms with van der Waals surface area (Å²) in [6.07, 6.45) is 5.18. The molecule has 0 aromatic carbocycles. The molecule has 1 aliphatic rings. The normalized spacial score (nSPS) is 21.8. The average Bonchev–Trinajstić information content (AvgIpc) is 2.78. The smallest absolute Gasteiger partial charge is 0.134 e. The van der Waals surface area contributed by atoms with Crippen LogP contribution in [0.2, 0.25) is 0 Å². The minimum Gasteiger partial charge on any atom is -0.389 e. The number of aromatic nitrogens is 1. The quantitative estimate of drug-likeness (QED) is 0.870. The van der Waals surface area contributed by atoms with E-state index < -0.39 is 6.10 Å². The molecule has 1 unspecified atom stereocenters. The molecule has 94 valence electrons. The molecule has 0 saturated carbocycles. The van der Waals surface area contributed by atoms with Crippen molar-refractivity contribution < 1.29 is 5.11 Å². The maximum Gasteiger partial charge on any atom is 0.134 e. The van der Waals surface area contributed by atoms with Crippen LogP contribution in [-0.4, -0.2) is 23.2 Å². The lowest BCUT2D eigenvalue weighted by atomic mass is 10.0. The van der Waals surface area contributed by atoms with E-state index in [9.17, 15) is 5.11 Å². The van der Waals surface area contributed by atoms with Gasteiger partial charge in [-0.25, -0.2) is 4.98 Å². The molecular weight excluding hydrogens is 212 g/mol. The molecule has 1 N–H and O–H groups in total. The Bertz CT molecular complexity index is 365. The fourth-order valence-electron chi connectivity index (χ4n) is 2.67. The molecule has 0 radical (unpaired) electrons. The summed E-state index contributed by atoms with van der Waals surface area (Å²) in [6.45, 7) is 6.21. The maximum atomic E-state index is 9.77. The Morgan fingerprint density at radius 2 is 2.41 bits per heavy atom. The Kier molecular flexibility index (Phi) is 4.00. The summed E-state index contributed by atoms with van der Waals surface area (Å²) in [7, 11) is 0. The first-order valence-electron chi connectivity index (χ1n) is 6.60. The molecule has 3 nitrogen and oxygen atoms in total. The summed E-state index contributed by atoms with van der Waals surface area (Å²) < 4.78 is 0. The van der Waals surface area contributed by atoms with Gasteiger partial charge in [0.1, 0.15) is 5.82 Å². The fraction of sp³-hybridized carbons (Fsp3) is 0.643. The lowest BCUT2D eigenvalue weighted by Gasteiger charge is -2.21. The van der Waals surface area contributed by atoms with Gasteiger partial charge in [0, 0.05) is 24.8 Å². The molecule has 3 heteroatoms. The zero-order valence-electron chi connectivity index (χ0n) is 10.8. The predicted molar refractivity (Wildman–Crippen MR) is 70.1 cm³/mol. The molecule has 2 atom stereocenters. The summed E-state index contributed by atoms with van der Waals surface area (Å²) in [5, 5.41) is 9.77. The molecular formula is C14H22N2O. The SMILES string of the molecule is CCCC1CCN(c2ncccc2[C@@H](C)O)C1. The van der Waals surface area contributed by atoms with Gasteiger partial charge in [-0.15, -0.1) is 0 Å². The Morgan fingerprint density at radius 3 is 3.12 bits per heavy atom. The van der Waals surface area contributed by atoms with Crippen LogP contribution in [0.5, 0.6) is 0 Å². The van der Waals surface area contributed by atoms with Gasteiger partial charge in [0.15, 0.2) is 0 Å². The van der Waals surface area contributed by atoms with E-state index in [0.717, 1.165) is 30.4 Å². The highest BCUT2D eigenvalue weighted by Gasteiger charge is 2.25. The van der Waals surface area contributed by atoms with Crippen LogP contribution in [0.3, 0.4) is 0 Å². The first-order valence-corrected chi connectivity index (χ1v) is 6.60. The lowest BCUT2D eigenvalue weighted by Crippen LogP contribution is -2.22. The second-order valence-corrected chi connectivity index (χ2v) is 4.98. The number of anilines is 1. The van der Waals surface area contributed by atoms with Gasteiger partial charge < -0.3 is 10.0 Å². The molecule has 1 aromatic heterocycles. The molecule has 0 bridgehead atoms. The molecule has 0 amide bonds. The fourth-order valence-corrected chi connectivity index (χ4v) is 2.67. The van der Waals surface area contributed by atoms with Gasteiger partial charge >= 0.3 is 0 Å². The highest BCUT2D eigenvalue weighted by atomic mass is 16.3. The first-order chi connectivity index (χ1) is 8.22. The van der Waals surface area contributed by atoms with Crippen LogP contribution in [0.15, 0.2) is 18.3 Å². The predicted octanol–water partition coefficient (Wildman–Crippen LogP) is 2.76. The van der Waals surface area contributed by atoms with Crippen LogP contribution < -0.4 is 4.90 Å². The van der Waals surface area contributed by atoms with Gasteiger partial charge in [-0.3, -0.25) is 0 Å². The molecule has 17 heavy (non-hydrogen) atoms. The zero-order chi connectivity index (χ0) is 12.3. The van der Waals surface area contributed by atoms with Gasteiger partial charge in [-0.2, -0.15) is 0 Å². The second kappa shape index (κ2) is 5.50. The number of aliphatic hydroxyl groups excluding tert-OH is 1. The van der Waals surface area contributed by atoms with E-state index in [1.165, 1.54) is 19.3 Å². The minimum atomic E-state index is -0.441. The number of pyridine rings is 1. The van der Waals surface area contributed by atoms with Gasteiger partial charge in [0.2, 0.25) is 0 Å². The van der Waals surface area contributed by atoms with Crippen LogP contribution in [0.1, 0.15) is 44.8 Å². The van der Waals surface area contributed by atoms with Crippen molar-refractivity contribution in [2.45, 2.75) is 39.2 Å². The van der Waals surface area contributed by atoms with Crippen molar-refractivity contribution in [3.05, 3.63) is 23.9 Å². The maximum absolute atomic E-state index is 9.77. The molecule has 0 spiro atoms. The van der Waals surface area contributed by atoms with Gasteiger partial charge in [-0.05, 0) is 31.7 Å². The summed E-state index contributed by atoms with van der Waals surface area (Å²) >= 11 is 0. The minimum absolute atomic E-state index is 0.441. The van der Waals surface area contributed by atoms with Crippen LogP contribution in [0.4, 0.5) is 5.82 Å². The van der Waals surface area contributed by atoms with Crippen molar-refractivity contribution in [3.8, 4) is 0 Å². The number of hydrogen-bond donors (Lipinski definition) is 1. The Hall–Kier alpha value is -1.09. The van der Waals surface area contributed by atoms with Crippen LogP contribution in [-0.2, 0) is 0 Å². The van der Waals surface area contributed by atoms with Crippen molar-refractivity contribution in [1.82, 2.24) is 4.98 Å². The monoisotopic (exact) mass is 234 g/mol. The van der Waals surface area contributed by atoms with Gasteiger partial charge in [0.05, 0.1) is 6.10 Å². The van der Waals surface area contributed by atoms with Crippen LogP contribution in [0.25, 0.3) is 0 Å². The van der Waals surface area contributed by atoms with Crippen molar-refractivity contribution >= 4 is 5.82 Å². The van der Waals surface area contributed by atoms with E-state index in [1.54, 1.807) is 6.92 Å². The van der Waals surface area contributed by atoms with Gasteiger partial charge in [0.25, 0.3) is 0 Å². The van der Waals surface area contributed by atoms with Crippen molar-refractivity contribution in [3.63, 3.8) is 0 Å². The van der Waals surface area contributed by atoms with E-state index in [4.69, 9.17) is 0 Å². The third-order valence-electron chi connectivity index (χ3n) is 3.55. The average molecular weight is 234 g/mol. The van der Waals surface area contributed by atoms with E-state index in [0.29, 0.717) is 0 Å². The van der Waals surface area contributed by atoms with E-state index in [1.807, 2.05) is 18.3 Å². The Morgan fingerprint density at radius 1 is 1.59 bits per heavy atom. The third-order valence-corrected chi connectivity index (χ3v) is 3.55. The number of hydrogen-bond acceptors (Lipinski definition) is 3. The standard InChI is InChI=1S/C14H22N2O/c1-3-5-12-7-9-16(10-12)14-13(11(2)17)6-4-8-15-14/h4,6,8,11-12,17H,3,5,7,9-10H2,1-2H3/t11-,12?/m1/s1. The second-order valence-electron chi connectivity index (χ2n) is 4.98. The molecule has 1 saturated heterocycles. The summed E-state index contributed by atoms with van der Waals surface area (Å²) in [4.78, 5) is 6.76. The molecule has 0 aliphatic carbocycles. The topological polar surface area (TPSA) is 36.4 Å². The molecule has 1 aliphatic heterocycles. The number of rotatable bonds is 4. The van der Waals surface area contributed by atoms with E-state index >= 15 is 0 Å². The summed E-state index contributed by atoms with van der Waals surface area (Å²) in [5.74, 6) is 1.77. The Balaban J connectivity index is 2.13. The van der Waals surface area contributed by atoms with Gasteiger partial charge in [-0.1, -0.05) is 19.4 Å². The van der Waals surface area contributed by atoms with Crippen LogP contribution >= 0.6 is 0 Å². The Labute approximate surface area is 103 Å². The largest absolute Gasteiger partial charge is 0.389 e. The van der Waals surface area contributed by atoms with E-state index in [-0.39, 0.29) is 0 Å². The van der Waals surface area contributed by atoms with Crippen molar-refractivity contribution in [2.24, 2.45) is 5.92 Å². The summed E-state index contributed by atoms with van der Waals surface area (Å²) in [5.41, 5.74) is 0.949. The van der Waals surface area contributed by atoms with Crippen LogP contribution in [0, 0.1) is 5.92 Å². The number of aliphatic hydroxyl groups is 1. The molecule has 2 heterocycles. The first kappa shape index (κ1) is 12.4. The lowest BCUT2D eigenvalue weighted by molar-refractivity contribution is 0.199. The van der Waals surface area contributed by atoms with Crippen molar-refractivity contribution in [1.29, 1.82) is 0 Å². The van der Waals surface area contributed by atoms with E-state index in [2.05, 4.69) is 16.8 Å². The third kappa shape index (κ3) is 2.78. The summed E-state index contributed by atoms with van der Waals surface area (Å²) in [6, 6.07) is 3.87. The number of nitrogens with zero attached hydrogens (tertiary/aromatic N) is 2. The highest BCUT2D eigenvalue weighted by molar-refractivity contribution is 5.48. The molecule has 2 rings (SSSR count). The zero-order valence-corrected chi connectivity index (χ0v) is 10.8. The van der Waals surface area contributed by atoms with Crippen molar-refractivity contribution in [2.75, 3.05) is 18.0 Å². The highest BCUT2D eigenvalue weighted by Crippen LogP contribution is 2.29. The molecule has 1 fully saturated rings. The molecule has 1 aromatic rings.